The molecule has 1 N–H and O–H groups in total. The maximum Gasteiger partial charge on any atom is 0.339 e. The van der Waals surface area contributed by atoms with Gasteiger partial charge in [0.15, 0.2) is 23.9 Å². The van der Waals surface area contributed by atoms with E-state index in [2.05, 4.69) is 15.3 Å². The number of fused-ring (bicyclic) bond motifs is 1. The molecule has 4 aromatic rings. The summed E-state index contributed by atoms with van der Waals surface area (Å²) in [4.78, 5) is 33.9. The molecule has 0 bridgehead atoms. The van der Waals surface area contributed by atoms with Gasteiger partial charge in [-0.15, -0.1) is 0 Å². The van der Waals surface area contributed by atoms with E-state index in [1.807, 2.05) is 12.1 Å². The second-order valence-electron chi connectivity index (χ2n) is 7.25. The largest absolute Gasteiger partial charge is 0.493 e. The van der Waals surface area contributed by atoms with Gasteiger partial charge in [0.2, 0.25) is 0 Å². The van der Waals surface area contributed by atoms with E-state index in [1.54, 1.807) is 43.5 Å². The number of hydrogen-bond acceptors (Lipinski definition) is 7. The zero-order valence-electron chi connectivity index (χ0n) is 18.7. The molecule has 0 aliphatic carbocycles. The van der Waals surface area contributed by atoms with Gasteiger partial charge in [-0.2, -0.15) is 0 Å². The van der Waals surface area contributed by atoms with Gasteiger partial charge in [-0.1, -0.05) is 41.4 Å². The smallest absolute Gasteiger partial charge is 0.339 e. The Morgan fingerprint density at radius 3 is 2.49 bits per heavy atom. The van der Waals surface area contributed by atoms with E-state index in [-0.39, 0.29) is 16.4 Å². The Morgan fingerprint density at radius 1 is 0.971 bits per heavy atom. The molecule has 1 amide bonds. The molecule has 2 aromatic carbocycles. The Balaban J connectivity index is 1.59. The van der Waals surface area contributed by atoms with Crippen LogP contribution in [0.15, 0.2) is 60.8 Å². The summed E-state index contributed by atoms with van der Waals surface area (Å²) in [5, 5.41) is 3.57. The molecule has 4 rings (SSSR count). The molecular weight excluding hydrogens is 493 g/mol. The highest BCUT2D eigenvalue weighted by molar-refractivity contribution is 6.36. The molecule has 0 aliphatic rings. The number of nitrogens with zero attached hydrogens (tertiary/aromatic N) is 2. The zero-order valence-corrected chi connectivity index (χ0v) is 20.2. The molecule has 0 aliphatic heterocycles. The number of rotatable bonds is 7. The van der Waals surface area contributed by atoms with Crippen LogP contribution >= 0.6 is 23.2 Å². The molecule has 35 heavy (non-hydrogen) atoms. The fraction of sp³-hybridized carbons (Fsp3) is 0.120. The Bertz CT molecular complexity index is 1430. The fourth-order valence-electron chi connectivity index (χ4n) is 3.37. The van der Waals surface area contributed by atoms with Crippen LogP contribution in [0.25, 0.3) is 22.2 Å². The Morgan fingerprint density at radius 2 is 1.74 bits per heavy atom. The first-order valence-electron chi connectivity index (χ1n) is 10.3. The van der Waals surface area contributed by atoms with Crippen LogP contribution < -0.4 is 14.8 Å². The van der Waals surface area contributed by atoms with Crippen molar-refractivity contribution in [2.45, 2.75) is 0 Å². The number of hydrogen-bond donors (Lipinski definition) is 1. The quantitative estimate of drug-likeness (QED) is 0.330. The summed E-state index contributed by atoms with van der Waals surface area (Å²) in [7, 11) is 3.09. The average molecular weight is 512 g/mol. The van der Waals surface area contributed by atoms with Gasteiger partial charge in [0.25, 0.3) is 5.91 Å². The highest BCUT2D eigenvalue weighted by atomic mass is 35.5. The van der Waals surface area contributed by atoms with Crippen LogP contribution in [0.4, 0.5) is 5.82 Å². The van der Waals surface area contributed by atoms with Crippen LogP contribution in [0.5, 0.6) is 11.5 Å². The van der Waals surface area contributed by atoms with Gasteiger partial charge in [0.05, 0.1) is 41.0 Å². The SMILES string of the molecule is COc1ccc(-c2cc(C(=O)OCC(=O)Nc3ncc(Cl)cc3Cl)c3ccccc3n2)cc1OC. The van der Waals surface area contributed by atoms with Gasteiger partial charge in [-0.3, -0.25) is 4.79 Å². The highest BCUT2D eigenvalue weighted by Gasteiger charge is 2.18. The molecule has 2 aromatic heterocycles. The van der Waals surface area contributed by atoms with Crippen molar-refractivity contribution in [1.82, 2.24) is 9.97 Å². The Labute approximate surface area is 210 Å². The third kappa shape index (κ3) is 5.45. The minimum absolute atomic E-state index is 0.113. The first-order chi connectivity index (χ1) is 16.9. The second kappa shape index (κ2) is 10.6. The van der Waals surface area contributed by atoms with Gasteiger partial charge in [-0.05, 0) is 36.4 Å². The normalized spacial score (nSPS) is 10.6. The Hall–Kier alpha value is -3.88. The van der Waals surface area contributed by atoms with E-state index in [0.717, 1.165) is 0 Å². The van der Waals surface area contributed by atoms with Crippen LogP contribution in [0.1, 0.15) is 10.4 Å². The second-order valence-corrected chi connectivity index (χ2v) is 8.09. The lowest BCUT2D eigenvalue weighted by atomic mass is 10.0. The number of nitrogens with one attached hydrogen (secondary N) is 1. The summed E-state index contributed by atoms with van der Waals surface area (Å²) in [6.07, 6.45) is 1.34. The van der Waals surface area contributed by atoms with E-state index in [0.29, 0.717) is 38.7 Å². The lowest BCUT2D eigenvalue weighted by molar-refractivity contribution is -0.119. The molecule has 10 heteroatoms. The number of aromatic nitrogens is 2. The summed E-state index contributed by atoms with van der Waals surface area (Å²) in [6, 6.07) is 15.5. The highest BCUT2D eigenvalue weighted by Crippen LogP contribution is 2.33. The van der Waals surface area contributed by atoms with E-state index in [1.165, 1.54) is 19.4 Å². The number of carbonyl (C=O) groups excluding carboxylic acids is 2. The molecule has 0 unspecified atom stereocenters. The number of pyridine rings is 2. The minimum Gasteiger partial charge on any atom is -0.493 e. The van der Waals surface area contributed by atoms with E-state index < -0.39 is 18.5 Å². The van der Waals surface area contributed by atoms with E-state index in [4.69, 9.17) is 37.4 Å². The molecule has 2 heterocycles. The molecule has 8 nitrogen and oxygen atoms in total. The molecule has 0 spiro atoms. The summed E-state index contributed by atoms with van der Waals surface area (Å²) in [5.41, 5.74) is 2.09. The first-order valence-corrected chi connectivity index (χ1v) is 11.1. The topological polar surface area (TPSA) is 99.6 Å². The number of para-hydroxylation sites is 1. The number of ether oxygens (including phenoxy) is 3. The number of halogens is 2. The van der Waals surface area contributed by atoms with Crippen LogP contribution in [0.2, 0.25) is 10.0 Å². The number of esters is 1. The molecule has 0 radical (unpaired) electrons. The van der Waals surface area contributed by atoms with Crippen molar-refractivity contribution in [1.29, 1.82) is 0 Å². The van der Waals surface area contributed by atoms with E-state index in [9.17, 15) is 9.59 Å². The molecule has 0 saturated heterocycles. The molecule has 0 saturated carbocycles. The van der Waals surface area contributed by atoms with Gasteiger partial charge >= 0.3 is 5.97 Å². The van der Waals surface area contributed by atoms with Crippen molar-refractivity contribution < 1.29 is 23.8 Å². The number of methoxy groups -OCH3 is 2. The molecular formula is C25H19Cl2N3O5. The van der Waals surface area contributed by atoms with E-state index >= 15 is 0 Å². The van der Waals surface area contributed by atoms with Crippen molar-refractivity contribution in [3.63, 3.8) is 0 Å². The summed E-state index contributed by atoms with van der Waals surface area (Å²) >= 11 is 11.8. The number of amides is 1. The predicted octanol–water partition coefficient (Wildman–Crippen LogP) is 5.42. The third-order valence-corrected chi connectivity index (χ3v) is 5.51. The predicted molar refractivity (Wildman–Crippen MR) is 133 cm³/mol. The summed E-state index contributed by atoms with van der Waals surface area (Å²) in [5.74, 6) is -0.0837. The first kappa shape index (κ1) is 24.3. The third-order valence-electron chi connectivity index (χ3n) is 5.02. The number of benzene rings is 2. The van der Waals surface area contributed by atoms with Crippen molar-refractivity contribution >= 4 is 51.8 Å². The van der Waals surface area contributed by atoms with Crippen LogP contribution in [-0.4, -0.2) is 42.7 Å². The van der Waals surface area contributed by atoms with Crippen molar-refractivity contribution in [2.75, 3.05) is 26.1 Å². The molecule has 178 valence electrons. The van der Waals surface area contributed by atoms with Crippen molar-refractivity contribution in [3.05, 3.63) is 76.4 Å². The van der Waals surface area contributed by atoms with Crippen LogP contribution in [0, 0.1) is 0 Å². The van der Waals surface area contributed by atoms with Crippen molar-refractivity contribution in [2.24, 2.45) is 0 Å². The maximum absolute atomic E-state index is 13.0. The number of carbonyl (C=O) groups is 2. The summed E-state index contributed by atoms with van der Waals surface area (Å²) in [6.45, 7) is -0.540. The fourth-order valence-corrected chi connectivity index (χ4v) is 3.80. The minimum atomic E-state index is -0.685. The van der Waals surface area contributed by atoms with Gasteiger partial charge in [0, 0.05) is 17.1 Å². The van der Waals surface area contributed by atoms with Gasteiger partial charge in [-0.25, -0.2) is 14.8 Å². The van der Waals surface area contributed by atoms with Gasteiger partial charge in [0.1, 0.15) is 0 Å². The maximum atomic E-state index is 13.0. The van der Waals surface area contributed by atoms with Gasteiger partial charge < -0.3 is 19.5 Å². The lowest BCUT2D eigenvalue weighted by Crippen LogP contribution is -2.21. The van der Waals surface area contributed by atoms with Crippen LogP contribution in [-0.2, 0) is 9.53 Å². The number of anilines is 1. The van der Waals surface area contributed by atoms with Crippen molar-refractivity contribution in [3.8, 4) is 22.8 Å². The monoisotopic (exact) mass is 511 g/mol. The summed E-state index contributed by atoms with van der Waals surface area (Å²) < 4.78 is 16.0. The van der Waals surface area contributed by atoms with Crippen LogP contribution in [0.3, 0.4) is 0 Å². The lowest BCUT2D eigenvalue weighted by Gasteiger charge is -2.12. The molecule has 0 atom stereocenters. The standard InChI is InChI=1S/C25H19Cl2N3O5/c1-33-21-8-7-14(9-22(21)34-2)20-11-17(16-5-3-4-6-19(16)29-20)25(32)35-13-23(31)30-24-18(27)10-15(26)12-28-24/h3-12H,13H2,1-2H3,(H,28,30,31). The average Bonchev–Trinajstić information content (AvgIpc) is 2.87. The Kier molecular flexibility index (Phi) is 7.33. The molecule has 0 fully saturated rings. The zero-order chi connectivity index (χ0) is 24.9.